The van der Waals surface area contributed by atoms with E-state index in [0.29, 0.717) is 12.8 Å². The molecule has 17 heavy (non-hydrogen) atoms. The van der Waals surface area contributed by atoms with E-state index in [2.05, 4.69) is 9.82 Å². The minimum atomic E-state index is -3.58. The fraction of sp³-hybridized carbons (Fsp3) is 0.700. The molecule has 1 unspecified atom stereocenters. The highest BCUT2D eigenvalue weighted by molar-refractivity contribution is 7.89. The average Bonchev–Trinajstić information content (AvgIpc) is 2.65. The van der Waals surface area contributed by atoms with Crippen LogP contribution in [0.4, 0.5) is 0 Å². The van der Waals surface area contributed by atoms with Crippen LogP contribution in [0.25, 0.3) is 0 Å². The molecule has 1 aromatic rings. The summed E-state index contributed by atoms with van der Waals surface area (Å²) in [5.41, 5.74) is -0.635. The first-order valence-electron chi connectivity index (χ1n) is 5.46. The lowest BCUT2D eigenvalue weighted by Gasteiger charge is -2.28. The van der Waals surface area contributed by atoms with Crippen LogP contribution in [-0.4, -0.2) is 35.5 Å². The molecule has 0 aromatic carbocycles. The molecule has 1 heterocycles. The van der Waals surface area contributed by atoms with E-state index in [4.69, 9.17) is 5.11 Å². The topological polar surface area (TPSA) is 84.2 Å². The van der Waals surface area contributed by atoms with E-state index in [1.807, 2.05) is 6.92 Å². The summed E-state index contributed by atoms with van der Waals surface area (Å²) < 4.78 is 28.1. The van der Waals surface area contributed by atoms with Crippen molar-refractivity contribution in [2.75, 3.05) is 6.61 Å². The summed E-state index contributed by atoms with van der Waals surface area (Å²) in [5.74, 6) is 0. The Labute approximate surface area is 102 Å². The molecule has 2 N–H and O–H groups in total. The molecule has 0 spiro atoms. The first kappa shape index (κ1) is 14.1. The van der Waals surface area contributed by atoms with E-state index in [-0.39, 0.29) is 11.5 Å². The molecule has 0 radical (unpaired) electrons. The van der Waals surface area contributed by atoms with Gasteiger partial charge in [0.1, 0.15) is 4.90 Å². The Balaban J connectivity index is 2.93. The zero-order valence-corrected chi connectivity index (χ0v) is 11.2. The maximum Gasteiger partial charge on any atom is 0.244 e. The van der Waals surface area contributed by atoms with E-state index in [9.17, 15) is 8.42 Å². The van der Waals surface area contributed by atoms with Crippen LogP contribution in [0.15, 0.2) is 17.3 Å². The molecule has 0 aliphatic carbocycles. The van der Waals surface area contributed by atoms with E-state index < -0.39 is 15.6 Å². The zero-order valence-electron chi connectivity index (χ0n) is 10.3. The molecule has 0 fully saturated rings. The van der Waals surface area contributed by atoms with Crippen LogP contribution in [0.3, 0.4) is 0 Å². The van der Waals surface area contributed by atoms with Gasteiger partial charge in [-0.05, 0) is 19.8 Å². The molecule has 1 atom stereocenters. The maximum atomic E-state index is 12.0. The van der Waals surface area contributed by atoms with Gasteiger partial charge in [-0.15, -0.1) is 0 Å². The monoisotopic (exact) mass is 261 g/mol. The molecule has 0 saturated carbocycles. The molecule has 0 amide bonds. The van der Waals surface area contributed by atoms with E-state index >= 15 is 0 Å². The summed E-state index contributed by atoms with van der Waals surface area (Å²) in [7, 11) is -1.92. The quantitative estimate of drug-likeness (QED) is 0.769. The molecular weight excluding hydrogens is 242 g/mol. The van der Waals surface area contributed by atoms with Gasteiger partial charge in [0, 0.05) is 25.4 Å². The summed E-state index contributed by atoms with van der Waals surface area (Å²) in [6.07, 6.45) is 3.73. The first-order chi connectivity index (χ1) is 7.83. The Kier molecular flexibility index (Phi) is 4.29. The van der Waals surface area contributed by atoms with Crippen LogP contribution in [0, 0.1) is 0 Å². The fourth-order valence-corrected chi connectivity index (χ4v) is 2.96. The highest BCUT2D eigenvalue weighted by Crippen LogP contribution is 2.18. The number of rotatable bonds is 6. The number of aliphatic hydroxyl groups is 1. The van der Waals surface area contributed by atoms with Gasteiger partial charge in [-0.2, -0.15) is 5.10 Å². The minimum Gasteiger partial charge on any atom is -0.396 e. The lowest BCUT2D eigenvalue weighted by atomic mass is 9.97. The summed E-state index contributed by atoms with van der Waals surface area (Å²) in [6, 6.07) is 0. The molecular formula is C10H19N3O3S. The normalized spacial score (nSPS) is 15.8. The lowest BCUT2D eigenvalue weighted by molar-refractivity contribution is 0.233. The molecule has 6 nitrogen and oxygen atoms in total. The first-order valence-corrected chi connectivity index (χ1v) is 6.95. The van der Waals surface area contributed by atoms with Gasteiger partial charge in [0.2, 0.25) is 10.0 Å². The van der Waals surface area contributed by atoms with Gasteiger partial charge in [0.25, 0.3) is 0 Å². The van der Waals surface area contributed by atoms with Crippen molar-refractivity contribution in [2.24, 2.45) is 7.05 Å². The summed E-state index contributed by atoms with van der Waals surface area (Å²) in [6.45, 7) is 3.60. The van der Waals surface area contributed by atoms with Crippen molar-refractivity contribution in [3.8, 4) is 0 Å². The van der Waals surface area contributed by atoms with Crippen LogP contribution in [0.5, 0.6) is 0 Å². The molecule has 1 rings (SSSR count). The van der Waals surface area contributed by atoms with Gasteiger partial charge in [0.15, 0.2) is 0 Å². The number of hydrogen-bond acceptors (Lipinski definition) is 4. The van der Waals surface area contributed by atoms with Crippen molar-refractivity contribution in [1.29, 1.82) is 0 Å². The number of aliphatic hydroxyl groups excluding tert-OH is 1. The highest BCUT2D eigenvalue weighted by atomic mass is 32.2. The fourth-order valence-electron chi connectivity index (χ4n) is 1.47. The van der Waals surface area contributed by atoms with E-state index in [1.54, 1.807) is 14.0 Å². The van der Waals surface area contributed by atoms with Crippen molar-refractivity contribution in [1.82, 2.24) is 14.5 Å². The molecule has 98 valence electrons. The van der Waals surface area contributed by atoms with Gasteiger partial charge >= 0.3 is 0 Å². The Morgan fingerprint density at radius 1 is 1.59 bits per heavy atom. The van der Waals surface area contributed by atoms with Crippen molar-refractivity contribution in [3.05, 3.63) is 12.4 Å². The maximum absolute atomic E-state index is 12.0. The van der Waals surface area contributed by atoms with Gasteiger partial charge in [-0.25, -0.2) is 13.1 Å². The molecule has 0 aliphatic heterocycles. The van der Waals surface area contributed by atoms with Crippen LogP contribution in [-0.2, 0) is 17.1 Å². The average molecular weight is 261 g/mol. The second-order valence-corrected chi connectivity index (χ2v) is 6.03. The van der Waals surface area contributed by atoms with Gasteiger partial charge < -0.3 is 5.11 Å². The molecule has 0 saturated heterocycles. The number of aryl methyl sites for hydroxylation is 1. The third-order valence-electron chi connectivity index (χ3n) is 2.82. The van der Waals surface area contributed by atoms with Crippen molar-refractivity contribution >= 4 is 10.0 Å². The number of nitrogens with one attached hydrogen (secondary N) is 1. The predicted octanol–water partition coefficient (Wildman–Crippen LogP) is 0.249. The Morgan fingerprint density at radius 2 is 2.24 bits per heavy atom. The largest absolute Gasteiger partial charge is 0.396 e. The van der Waals surface area contributed by atoms with Gasteiger partial charge in [-0.3, -0.25) is 4.68 Å². The second-order valence-electron chi connectivity index (χ2n) is 4.34. The third-order valence-corrected chi connectivity index (χ3v) is 4.41. The van der Waals surface area contributed by atoms with Crippen molar-refractivity contribution in [2.45, 2.75) is 37.1 Å². The standard InChI is InChI=1S/C10H19N3O3S/c1-4-10(2,5-6-14)12-17(15,16)9-7-11-13(3)8-9/h7-8,12,14H,4-6H2,1-3H3. The number of nitrogens with zero attached hydrogens (tertiary/aromatic N) is 2. The second kappa shape index (κ2) is 5.16. The summed E-state index contributed by atoms with van der Waals surface area (Å²) >= 11 is 0. The third kappa shape index (κ3) is 3.52. The zero-order chi connectivity index (χ0) is 13.1. The smallest absolute Gasteiger partial charge is 0.244 e. The van der Waals surface area contributed by atoms with Crippen LogP contribution < -0.4 is 4.72 Å². The molecule has 0 aliphatic rings. The number of hydrogen-bond donors (Lipinski definition) is 2. The Bertz CT molecular complexity index is 469. The van der Waals surface area contributed by atoms with Crippen LogP contribution in [0.1, 0.15) is 26.7 Å². The van der Waals surface area contributed by atoms with Crippen LogP contribution >= 0.6 is 0 Å². The predicted molar refractivity (Wildman–Crippen MR) is 63.9 cm³/mol. The highest BCUT2D eigenvalue weighted by Gasteiger charge is 2.29. The number of sulfonamides is 1. The molecule has 1 aromatic heterocycles. The van der Waals surface area contributed by atoms with Crippen molar-refractivity contribution in [3.63, 3.8) is 0 Å². The van der Waals surface area contributed by atoms with E-state index in [0.717, 1.165) is 0 Å². The molecule has 0 bridgehead atoms. The minimum absolute atomic E-state index is 0.0557. The summed E-state index contributed by atoms with van der Waals surface area (Å²) in [4.78, 5) is 0.137. The van der Waals surface area contributed by atoms with E-state index in [1.165, 1.54) is 17.1 Å². The lowest BCUT2D eigenvalue weighted by Crippen LogP contribution is -2.45. The van der Waals surface area contributed by atoms with Gasteiger partial charge in [0.05, 0.1) is 6.20 Å². The SMILES string of the molecule is CCC(C)(CCO)NS(=O)(=O)c1cnn(C)c1. The van der Waals surface area contributed by atoms with Crippen molar-refractivity contribution < 1.29 is 13.5 Å². The van der Waals surface area contributed by atoms with Crippen LogP contribution in [0.2, 0.25) is 0 Å². The number of aromatic nitrogens is 2. The Hall–Kier alpha value is -0.920. The Morgan fingerprint density at radius 3 is 2.65 bits per heavy atom. The summed E-state index contributed by atoms with van der Waals surface area (Å²) in [5, 5.41) is 12.8. The van der Waals surface area contributed by atoms with Gasteiger partial charge in [-0.1, -0.05) is 6.92 Å². The molecule has 7 heteroatoms.